The summed E-state index contributed by atoms with van der Waals surface area (Å²) >= 11 is 0. The summed E-state index contributed by atoms with van der Waals surface area (Å²) < 4.78 is 5.29. The van der Waals surface area contributed by atoms with Crippen molar-refractivity contribution in [3.63, 3.8) is 0 Å². The van der Waals surface area contributed by atoms with Crippen LogP contribution in [0.3, 0.4) is 0 Å². The quantitative estimate of drug-likeness (QED) is 0.197. The zero-order valence-electron chi connectivity index (χ0n) is 22.7. The molecule has 1 aliphatic carbocycles. The van der Waals surface area contributed by atoms with Crippen LogP contribution in [0, 0.1) is 5.92 Å². The van der Waals surface area contributed by atoms with Crippen LogP contribution in [-0.2, 0) is 29.0 Å². The Labute approximate surface area is 229 Å². The maximum Gasteiger partial charge on any atom is 0.162 e. The van der Waals surface area contributed by atoms with E-state index >= 15 is 0 Å². The van der Waals surface area contributed by atoms with E-state index in [9.17, 15) is 19.8 Å². The molecular weight excluding hydrogens is 492 g/mol. The molecule has 0 saturated heterocycles. The van der Waals surface area contributed by atoms with Crippen molar-refractivity contribution in [1.82, 2.24) is 10.3 Å². The number of methoxy groups -OCH3 is 1. The minimum Gasteiger partial charge on any atom is -0.664 e. The Morgan fingerprint density at radius 3 is 2.67 bits per heavy atom. The smallest absolute Gasteiger partial charge is 0.162 e. The second kappa shape index (κ2) is 13.3. The molecule has 0 aliphatic heterocycles. The number of rotatable bonds is 14. The predicted molar refractivity (Wildman–Crippen MR) is 151 cm³/mol. The van der Waals surface area contributed by atoms with Gasteiger partial charge in [-0.15, -0.1) is 5.69 Å². The number of aromatic hydroxyl groups is 2. The number of aryl methyl sites for hydroxylation is 2. The summed E-state index contributed by atoms with van der Waals surface area (Å²) in [6, 6.07) is 12.9. The van der Waals surface area contributed by atoms with Gasteiger partial charge >= 0.3 is 0 Å². The lowest BCUT2D eigenvalue weighted by Crippen LogP contribution is -2.25. The molecule has 3 aromatic rings. The van der Waals surface area contributed by atoms with Crippen LogP contribution in [0.5, 0.6) is 17.2 Å². The van der Waals surface area contributed by atoms with E-state index in [4.69, 9.17) is 4.74 Å². The lowest BCUT2D eigenvalue weighted by Gasteiger charge is -2.30. The summed E-state index contributed by atoms with van der Waals surface area (Å²) in [5.74, 6) is 0.251. The highest BCUT2D eigenvalue weighted by Gasteiger charge is 2.30. The van der Waals surface area contributed by atoms with Crippen LogP contribution in [0.15, 0.2) is 54.7 Å². The molecule has 1 aliphatic rings. The van der Waals surface area contributed by atoms with E-state index in [0.717, 1.165) is 48.1 Å². The third-order valence-electron chi connectivity index (χ3n) is 7.44. The average Bonchev–Trinajstić information content (AvgIpc) is 3.41. The van der Waals surface area contributed by atoms with Gasteiger partial charge in [0.05, 0.1) is 13.5 Å². The number of nitrogens with one attached hydrogen (secondary N) is 1. The fraction of sp³-hybridized carbons (Fsp3) is 0.375. The first-order chi connectivity index (χ1) is 18.9. The predicted octanol–water partition coefficient (Wildman–Crippen LogP) is 5.08. The van der Waals surface area contributed by atoms with Gasteiger partial charge in [-0.2, -0.15) is 6.20 Å². The number of benzene rings is 2. The maximum absolute atomic E-state index is 13.4. The van der Waals surface area contributed by atoms with Gasteiger partial charge in [-0.3, -0.25) is 9.59 Å². The van der Waals surface area contributed by atoms with Gasteiger partial charge in [0, 0.05) is 24.4 Å². The molecule has 7 heteroatoms. The zero-order valence-corrected chi connectivity index (χ0v) is 22.7. The molecule has 0 fully saturated rings. The molecule has 0 amide bonds. The Bertz CT molecular complexity index is 1330. The highest BCUT2D eigenvalue weighted by Crippen LogP contribution is 2.38. The molecule has 206 valence electrons. The Balaban J connectivity index is 1.35. The van der Waals surface area contributed by atoms with Crippen molar-refractivity contribution >= 4 is 17.6 Å². The lowest BCUT2D eigenvalue weighted by atomic mass is 9.75. The first-order valence-corrected chi connectivity index (χ1v) is 13.5. The summed E-state index contributed by atoms with van der Waals surface area (Å²) in [7, 11) is 3.30. The first kappa shape index (κ1) is 28.2. The number of nitrogens with zero attached hydrogens (tertiary/aromatic N) is 1. The molecule has 0 radical (unpaired) electrons. The molecule has 1 heterocycles. The van der Waals surface area contributed by atoms with Crippen LogP contribution < -0.4 is 15.0 Å². The van der Waals surface area contributed by atoms with Crippen LogP contribution in [0.2, 0.25) is 0 Å². The van der Waals surface area contributed by atoms with E-state index in [0.29, 0.717) is 24.3 Å². The SMILES string of the molecule is CNCc1cc(CCC(=O)CC(=O)[C@@H]2C=Cc3[n-]ccc3[C@H]2CCCCc2cccc(O)c2)cc(OC)c1O. The monoisotopic (exact) mass is 529 g/mol. The minimum absolute atomic E-state index is 0.00226. The van der Waals surface area contributed by atoms with Crippen LogP contribution >= 0.6 is 0 Å². The van der Waals surface area contributed by atoms with E-state index < -0.39 is 0 Å². The summed E-state index contributed by atoms with van der Waals surface area (Å²) in [6.07, 6.45) is 9.76. The molecule has 7 nitrogen and oxygen atoms in total. The molecule has 2 aromatic carbocycles. The molecule has 0 saturated carbocycles. The number of aromatic nitrogens is 1. The molecule has 3 N–H and O–H groups in total. The van der Waals surface area contributed by atoms with Gasteiger partial charge in [0.25, 0.3) is 0 Å². The lowest BCUT2D eigenvalue weighted by molar-refractivity contribution is -0.128. The first-order valence-electron chi connectivity index (χ1n) is 13.5. The van der Waals surface area contributed by atoms with Crippen molar-refractivity contribution in [2.24, 2.45) is 5.92 Å². The minimum atomic E-state index is -0.345. The van der Waals surface area contributed by atoms with Crippen LogP contribution in [-0.4, -0.2) is 35.9 Å². The molecule has 0 bridgehead atoms. The van der Waals surface area contributed by atoms with Gasteiger partial charge < -0.3 is 25.3 Å². The van der Waals surface area contributed by atoms with Gasteiger partial charge in [-0.05, 0) is 68.0 Å². The summed E-state index contributed by atoms with van der Waals surface area (Å²) in [6.45, 7) is 0.476. The molecular formula is C32H37N2O5-. The third kappa shape index (κ3) is 7.18. The standard InChI is InChI=1S/C32H37N2O5/c1-33-20-23-16-22(18-31(39-2)32(23)38)10-11-25(36)19-30(37)28-12-13-29-27(14-15-34-29)26(28)9-4-3-6-21-7-5-8-24(35)17-21/h5,7-8,12-18,26,28,33,35,38H,3-4,6,9-11,19-20H2,1-2H3/q-1/t26-,28-/m1/s1. The number of Topliss-reactive ketones (excluding diaryl/α,β-unsaturated/α-hetero) is 2. The van der Waals surface area contributed by atoms with Gasteiger partial charge in [-0.25, -0.2) is 0 Å². The third-order valence-corrected chi connectivity index (χ3v) is 7.44. The number of hydrogen-bond acceptors (Lipinski definition) is 6. The van der Waals surface area contributed by atoms with Crippen LogP contribution in [0.25, 0.3) is 6.08 Å². The van der Waals surface area contributed by atoms with E-state index in [1.165, 1.54) is 7.11 Å². The molecule has 0 unspecified atom stereocenters. The van der Waals surface area contributed by atoms with Crippen molar-refractivity contribution in [2.45, 2.75) is 57.4 Å². The average molecular weight is 530 g/mol. The highest BCUT2D eigenvalue weighted by atomic mass is 16.5. The molecule has 0 spiro atoms. The molecule has 4 rings (SSSR count). The van der Waals surface area contributed by atoms with Gasteiger partial charge in [0.15, 0.2) is 11.5 Å². The second-order valence-electron chi connectivity index (χ2n) is 10.2. The van der Waals surface area contributed by atoms with Gasteiger partial charge in [-0.1, -0.05) is 48.4 Å². The fourth-order valence-electron chi connectivity index (χ4n) is 5.44. The number of carbonyl (C=O) groups is 2. The number of allylic oxidation sites excluding steroid dienone is 1. The molecule has 2 atom stereocenters. The molecule has 1 aromatic heterocycles. The Morgan fingerprint density at radius 1 is 1.05 bits per heavy atom. The number of phenols is 2. The van der Waals surface area contributed by atoms with E-state index in [1.54, 1.807) is 31.4 Å². The highest BCUT2D eigenvalue weighted by molar-refractivity contribution is 6.01. The Kier molecular flexibility index (Phi) is 9.60. The van der Waals surface area contributed by atoms with Crippen molar-refractivity contribution in [3.05, 3.63) is 82.7 Å². The number of carbonyl (C=O) groups excluding carboxylic acids is 2. The van der Waals surface area contributed by atoms with Crippen molar-refractivity contribution < 1.29 is 24.5 Å². The fourth-order valence-corrected chi connectivity index (χ4v) is 5.44. The normalized spacial score (nSPS) is 16.2. The summed E-state index contributed by atoms with van der Waals surface area (Å²) in [4.78, 5) is 30.7. The second-order valence-corrected chi connectivity index (χ2v) is 10.2. The number of hydrogen-bond donors (Lipinski definition) is 3. The van der Waals surface area contributed by atoms with Gasteiger partial charge in [0.2, 0.25) is 0 Å². The summed E-state index contributed by atoms with van der Waals surface area (Å²) in [5.41, 5.74) is 4.66. The largest absolute Gasteiger partial charge is 0.664 e. The van der Waals surface area contributed by atoms with Crippen LogP contribution in [0.1, 0.15) is 66.0 Å². The van der Waals surface area contributed by atoms with Crippen molar-refractivity contribution in [1.29, 1.82) is 0 Å². The summed E-state index contributed by atoms with van der Waals surface area (Å²) in [5, 5.41) is 23.0. The van der Waals surface area contributed by atoms with Crippen molar-refractivity contribution in [3.8, 4) is 17.2 Å². The van der Waals surface area contributed by atoms with E-state index in [1.807, 2.05) is 36.4 Å². The number of fused-ring (bicyclic) bond motifs is 1. The Hall–Kier alpha value is -3.84. The number of phenolic OH excluding ortho intramolecular Hbond substituents is 2. The number of ether oxygens (including phenoxy) is 1. The van der Waals surface area contributed by atoms with Crippen molar-refractivity contribution in [2.75, 3.05) is 14.2 Å². The molecule has 39 heavy (non-hydrogen) atoms. The topological polar surface area (TPSA) is 110 Å². The zero-order chi connectivity index (χ0) is 27.8. The van der Waals surface area contributed by atoms with E-state index in [-0.39, 0.29) is 47.7 Å². The van der Waals surface area contributed by atoms with E-state index in [2.05, 4.69) is 10.3 Å². The van der Waals surface area contributed by atoms with Gasteiger partial charge in [0.1, 0.15) is 17.3 Å². The Morgan fingerprint density at radius 2 is 1.90 bits per heavy atom. The number of ketones is 2. The maximum atomic E-state index is 13.4. The van der Waals surface area contributed by atoms with Crippen LogP contribution in [0.4, 0.5) is 0 Å². The number of unbranched alkanes of at least 4 members (excludes halogenated alkanes) is 1.